The number of amides is 1. The fourth-order valence-corrected chi connectivity index (χ4v) is 3.37. The predicted molar refractivity (Wildman–Crippen MR) is 79.6 cm³/mol. The first kappa shape index (κ1) is 13.6. The third-order valence-electron chi connectivity index (χ3n) is 4.35. The lowest BCUT2D eigenvalue weighted by molar-refractivity contribution is 0.0781. The number of hydrogen-bond acceptors (Lipinski definition) is 3. The molecule has 0 aromatic heterocycles. The van der Waals surface area contributed by atoms with Gasteiger partial charge in [-0.25, -0.2) is 0 Å². The van der Waals surface area contributed by atoms with Crippen LogP contribution in [0, 0.1) is 11.8 Å². The van der Waals surface area contributed by atoms with E-state index >= 15 is 0 Å². The van der Waals surface area contributed by atoms with Gasteiger partial charge >= 0.3 is 0 Å². The first-order chi connectivity index (χ1) is 9.63. The molecule has 2 saturated heterocycles. The number of nitrogens with one attached hydrogen (secondary N) is 1. The maximum Gasteiger partial charge on any atom is 0.253 e. The highest BCUT2D eigenvalue weighted by molar-refractivity contribution is 5.94. The molecule has 2 fully saturated rings. The molecule has 20 heavy (non-hydrogen) atoms. The zero-order valence-electron chi connectivity index (χ0n) is 12.3. The molecule has 1 aromatic rings. The Balaban J connectivity index is 1.71. The average molecular weight is 273 g/mol. The van der Waals surface area contributed by atoms with Gasteiger partial charge in [0, 0.05) is 38.3 Å². The molecule has 0 saturated carbocycles. The molecule has 0 unspecified atom stereocenters. The van der Waals surface area contributed by atoms with Gasteiger partial charge < -0.3 is 15.1 Å². The van der Waals surface area contributed by atoms with Crippen LogP contribution in [0.1, 0.15) is 15.9 Å². The Labute approximate surface area is 120 Å². The summed E-state index contributed by atoms with van der Waals surface area (Å²) in [5.41, 5.74) is 2.03. The highest BCUT2D eigenvalue weighted by Gasteiger charge is 2.38. The summed E-state index contributed by atoms with van der Waals surface area (Å²) in [6, 6.07) is 8.05. The van der Waals surface area contributed by atoms with E-state index in [0.717, 1.165) is 38.3 Å². The van der Waals surface area contributed by atoms with Crippen LogP contribution < -0.4 is 5.32 Å². The van der Waals surface area contributed by atoms with Crippen LogP contribution in [0.3, 0.4) is 0 Å². The summed E-state index contributed by atoms with van der Waals surface area (Å²) < 4.78 is 0. The molecule has 108 valence electrons. The topological polar surface area (TPSA) is 35.6 Å². The van der Waals surface area contributed by atoms with E-state index in [9.17, 15) is 4.79 Å². The van der Waals surface area contributed by atoms with Gasteiger partial charge in [-0.05, 0) is 43.6 Å². The minimum atomic E-state index is 0.194. The Morgan fingerprint density at radius 2 is 2.00 bits per heavy atom. The van der Waals surface area contributed by atoms with E-state index < -0.39 is 0 Å². The highest BCUT2D eigenvalue weighted by Crippen LogP contribution is 2.27. The fraction of sp³-hybridized carbons (Fsp3) is 0.562. The molecule has 0 bridgehead atoms. The molecule has 0 radical (unpaired) electrons. The van der Waals surface area contributed by atoms with E-state index in [4.69, 9.17) is 0 Å². The van der Waals surface area contributed by atoms with Crippen molar-refractivity contribution in [1.82, 2.24) is 15.1 Å². The maximum absolute atomic E-state index is 12.6. The third kappa shape index (κ3) is 2.72. The molecular formula is C16H23N3O. The van der Waals surface area contributed by atoms with Crippen molar-refractivity contribution in [2.24, 2.45) is 11.8 Å². The average Bonchev–Trinajstić information content (AvgIpc) is 2.98. The van der Waals surface area contributed by atoms with Gasteiger partial charge in [0.25, 0.3) is 5.91 Å². The standard InChI is InChI=1S/C16H23N3O/c1-18(2)9-12-4-3-5-13(6-12)16(20)19-10-14-7-17-8-15(14)11-19/h3-6,14-15,17H,7-11H2,1-2H3/t14-,15+. The summed E-state index contributed by atoms with van der Waals surface area (Å²) in [7, 11) is 4.09. The van der Waals surface area contributed by atoms with Crippen molar-refractivity contribution in [2.45, 2.75) is 6.54 Å². The Hall–Kier alpha value is -1.39. The Kier molecular flexibility index (Phi) is 3.76. The quantitative estimate of drug-likeness (QED) is 0.894. The second kappa shape index (κ2) is 5.54. The second-order valence-corrected chi connectivity index (χ2v) is 6.33. The summed E-state index contributed by atoms with van der Waals surface area (Å²) in [5, 5.41) is 3.41. The third-order valence-corrected chi connectivity index (χ3v) is 4.35. The molecule has 4 heteroatoms. The number of hydrogen-bond donors (Lipinski definition) is 1. The van der Waals surface area contributed by atoms with E-state index in [-0.39, 0.29) is 5.91 Å². The Morgan fingerprint density at radius 3 is 2.65 bits per heavy atom. The molecule has 3 rings (SSSR count). The lowest BCUT2D eigenvalue weighted by Crippen LogP contribution is -2.31. The molecule has 2 aliphatic rings. The van der Waals surface area contributed by atoms with Crippen LogP contribution in [0.4, 0.5) is 0 Å². The molecular weight excluding hydrogens is 250 g/mol. The molecule has 2 atom stereocenters. The largest absolute Gasteiger partial charge is 0.338 e. The molecule has 1 amide bonds. The zero-order chi connectivity index (χ0) is 14.1. The number of nitrogens with zero attached hydrogens (tertiary/aromatic N) is 2. The van der Waals surface area contributed by atoms with Gasteiger partial charge in [-0.3, -0.25) is 4.79 Å². The van der Waals surface area contributed by atoms with Crippen molar-refractivity contribution < 1.29 is 4.79 Å². The van der Waals surface area contributed by atoms with Crippen molar-refractivity contribution in [3.8, 4) is 0 Å². The van der Waals surface area contributed by atoms with Crippen LogP contribution in [0.5, 0.6) is 0 Å². The first-order valence-corrected chi connectivity index (χ1v) is 7.37. The Morgan fingerprint density at radius 1 is 1.30 bits per heavy atom. The van der Waals surface area contributed by atoms with Gasteiger partial charge in [0.2, 0.25) is 0 Å². The van der Waals surface area contributed by atoms with E-state index in [2.05, 4.69) is 16.3 Å². The molecule has 1 aromatic carbocycles. The van der Waals surface area contributed by atoms with Crippen molar-refractivity contribution in [3.63, 3.8) is 0 Å². The van der Waals surface area contributed by atoms with Crippen LogP contribution in [0.25, 0.3) is 0 Å². The SMILES string of the molecule is CN(C)Cc1cccc(C(=O)N2C[C@H]3CNC[C@H]3C2)c1. The molecule has 4 nitrogen and oxygen atoms in total. The molecule has 0 aliphatic carbocycles. The summed E-state index contributed by atoms with van der Waals surface area (Å²) in [5.74, 6) is 1.51. The molecule has 2 aliphatic heterocycles. The van der Waals surface area contributed by atoms with Crippen molar-refractivity contribution in [2.75, 3.05) is 40.3 Å². The fourth-order valence-electron chi connectivity index (χ4n) is 3.37. The van der Waals surface area contributed by atoms with Crippen LogP contribution in [-0.2, 0) is 6.54 Å². The van der Waals surface area contributed by atoms with Gasteiger partial charge in [0.15, 0.2) is 0 Å². The highest BCUT2D eigenvalue weighted by atomic mass is 16.2. The van der Waals surface area contributed by atoms with Gasteiger partial charge in [-0.1, -0.05) is 12.1 Å². The van der Waals surface area contributed by atoms with Crippen molar-refractivity contribution in [1.29, 1.82) is 0 Å². The number of rotatable bonds is 3. The molecule has 1 N–H and O–H groups in total. The minimum absolute atomic E-state index is 0.194. The molecule has 2 heterocycles. The van der Waals surface area contributed by atoms with Crippen LogP contribution in [0.15, 0.2) is 24.3 Å². The predicted octanol–water partition coefficient (Wildman–Crippen LogP) is 1.04. The summed E-state index contributed by atoms with van der Waals surface area (Å²) in [6.45, 7) is 4.82. The van der Waals surface area contributed by atoms with E-state index in [1.807, 2.05) is 37.2 Å². The van der Waals surface area contributed by atoms with Crippen molar-refractivity contribution in [3.05, 3.63) is 35.4 Å². The maximum atomic E-state index is 12.6. The second-order valence-electron chi connectivity index (χ2n) is 6.33. The number of carbonyl (C=O) groups excluding carboxylic acids is 1. The first-order valence-electron chi connectivity index (χ1n) is 7.37. The lowest BCUT2D eigenvalue weighted by Gasteiger charge is -2.18. The smallest absolute Gasteiger partial charge is 0.253 e. The normalized spacial score (nSPS) is 25.2. The van der Waals surface area contributed by atoms with Gasteiger partial charge in [0.05, 0.1) is 0 Å². The summed E-state index contributed by atoms with van der Waals surface area (Å²) in [4.78, 5) is 16.8. The van der Waals surface area contributed by atoms with Crippen molar-refractivity contribution >= 4 is 5.91 Å². The summed E-state index contributed by atoms with van der Waals surface area (Å²) >= 11 is 0. The summed E-state index contributed by atoms with van der Waals surface area (Å²) in [6.07, 6.45) is 0. The lowest BCUT2D eigenvalue weighted by atomic mass is 10.0. The number of fused-ring (bicyclic) bond motifs is 1. The minimum Gasteiger partial charge on any atom is -0.338 e. The monoisotopic (exact) mass is 273 g/mol. The van der Waals surface area contributed by atoms with E-state index in [0.29, 0.717) is 11.8 Å². The van der Waals surface area contributed by atoms with Gasteiger partial charge in [0.1, 0.15) is 0 Å². The van der Waals surface area contributed by atoms with Crippen LogP contribution in [0.2, 0.25) is 0 Å². The molecule has 0 spiro atoms. The number of carbonyl (C=O) groups is 1. The van der Waals surface area contributed by atoms with Gasteiger partial charge in [-0.15, -0.1) is 0 Å². The van der Waals surface area contributed by atoms with Crippen LogP contribution >= 0.6 is 0 Å². The van der Waals surface area contributed by atoms with E-state index in [1.165, 1.54) is 5.56 Å². The number of benzene rings is 1. The Bertz CT molecular complexity index is 488. The van der Waals surface area contributed by atoms with Crippen LogP contribution in [-0.4, -0.2) is 56.0 Å². The zero-order valence-corrected chi connectivity index (χ0v) is 12.3. The van der Waals surface area contributed by atoms with Gasteiger partial charge in [-0.2, -0.15) is 0 Å². The van der Waals surface area contributed by atoms with E-state index in [1.54, 1.807) is 0 Å². The number of likely N-dealkylation sites (tertiary alicyclic amines) is 1.